The number of hydrogen-bond acceptors (Lipinski definition) is 2. The fourth-order valence-corrected chi connectivity index (χ4v) is 2.41. The van der Waals surface area contributed by atoms with Crippen LogP contribution in [-0.4, -0.2) is 18.3 Å². The highest BCUT2D eigenvalue weighted by Gasteiger charge is 2.27. The zero-order valence-electron chi connectivity index (χ0n) is 9.23. The second kappa shape index (κ2) is 5.69. The van der Waals surface area contributed by atoms with E-state index >= 15 is 0 Å². The van der Waals surface area contributed by atoms with Crippen LogP contribution in [0.2, 0.25) is 0 Å². The second-order valence-electron chi connectivity index (χ2n) is 4.38. The van der Waals surface area contributed by atoms with Crippen molar-refractivity contribution in [2.24, 2.45) is 11.8 Å². The lowest BCUT2D eigenvalue weighted by Crippen LogP contribution is -2.29. The van der Waals surface area contributed by atoms with Crippen LogP contribution in [0.15, 0.2) is 28.7 Å². The molecule has 1 atom stereocenters. The van der Waals surface area contributed by atoms with Gasteiger partial charge in [-0.2, -0.15) is 0 Å². The zero-order chi connectivity index (χ0) is 11.4. The van der Waals surface area contributed by atoms with Crippen molar-refractivity contribution < 1.29 is 9.84 Å². The summed E-state index contributed by atoms with van der Waals surface area (Å²) in [6, 6.07) is 7.83. The SMILES string of the molecule is OCC(COc1ccccc1Br)C1CCC1. The first-order valence-electron chi connectivity index (χ1n) is 5.79. The molecule has 1 aliphatic carbocycles. The molecule has 1 aromatic carbocycles. The van der Waals surface area contributed by atoms with Crippen molar-refractivity contribution in [2.45, 2.75) is 19.3 Å². The summed E-state index contributed by atoms with van der Waals surface area (Å²) < 4.78 is 6.71. The second-order valence-corrected chi connectivity index (χ2v) is 5.23. The third-order valence-electron chi connectivity index (χ3n) is 3.34. The van der Waals surface area contributed by atoms with Gasteiger partial charge in [-0.25, -0.2) is 0 Å². The smallest absolute Gasteiger partial charge is 0.133 e. The molecule has 1 aliphatic rings. The molecule has 0 heterocycles. The highest BCUT2D eigenvalue weighted by molar-refractivity contribution is 9.10. The van der Waals surface area contributed by atoms with Gasteiger partial charge < -0.3 is 9.84 Å². The lowest BCUT2D eigenvalue weighted by atomic mass is 9.76. The average Bonchev–Trinajstić information content (AvgIpc) is 2.23. The van der Waals surface area contributed by atoms with E-state index in [-0.39, 0.29) is 6.61 Å². The first-order chi connectivity index (χ1) is 7.81. The Hall–Kier alpha value is -0.540. The molecular weight excluding hydrogens is 268 g/mol. The quantitative estimate of drug-likeness (QED) is 0.900. The van der Waals surface area contributed by atoms with E-state index in [1.807, 2.05) is 24.3 Å². The fraction of sp³-hybridized carbons (Fsp3) is 0.538. The monoisotopic (exact) mass is 284 g/mol. The Bertz CT molecular complexity index is 336. The summed E-state index contributed by atoms with van der Waals surface area (Å²) in [5.41, 5.74) is 0. The molecule has 1 N–H and O–H groups in total. The molecule has 1 aromatic rings. The van der Waals surface area contributed by atoms with Gasteiger partial charge in [0.25, 0.3) is 0 Å². The molecule has 0 radical (unpaired) electrons. The van der Waals surface area contributed by atoms with E-state index in [9.17, 15) is 5.11 Å². The average molecular weight is 285 g/mol. The predicted octanol–water partition coefficient (Wildman–Crippen LogP) is 3.24. The first-order valence-corrected chi connectivity index (χ1v) is 6.58. The normalized spacial score (nSPS) is 17.9. The number of aliphatic hydroxyl groups is 1. The molecule has 16 heavy (non-hydrogen) atoms. The van der Waals surface area contributed by atoms with Crippen molar-refractivity contribution in [1.29, 1.82) is 0 Å². The molecule has 0 aliphatic heterocycles. The van der Waals surface area contributed by atoms with Crippen LogP contribution >= 0.6 is 15.9 Å². The van der Waals surface area contributed by atoms with Crippen LogP contribution in [-0.2, 0) is 0 Å². The number of rotatable bonds is 5. The highest BCUT2D eigenvalue weighted by Crippen LogP contribution is 2.34. The van der Waals surface area contributed by atoms with Crippen LogP contribution in [0.3, 0.4) is 0 Å². The number of halogens is 1. The Balaban J connectivity index is 1.88. The molecule has 0 amide bonds. The Kier molecular flexibility index (Phi) is 4.24. The van der Waals surface area contributed by atoms with Crippen LogP contribution in [0.25, 0.3) is 0 Å². The molecule has 0 saturated heterocycles. The van der Waals surface area contributed by atoms with Gasteiger partial charge in [-0.3, -0.25) is 0 Å². The molecule has 0 aromatic heterocycles. The molecule has 88 valence electrons. The van der Waals surface area contributed by atoms with Gasteiger partial charge in [0, 0.05) is 12.5 Å². The minimum absolute atomic E-state index is 0.231. The minimum atomic E-state index is 0.231. The van der Waals surface area contributed by atoms with Crippen molar-refractivity contribution in [2.75, 3.05) is 13.2 Å². The van der Waals surface area contributed by atoms with Gasteiger partial charge in [0.1, 0.15) is 5.75 Å². The molecule has 1 fully saturated rings. The molecule has 0 bridgehead atoms. The maximum Gasteiger partial charge on any atom is 0.133 e. The van der Waals surface area contributed by atoms with Gasteiger partial charge in [0.2, 0.25) is 0 Å². The summed E-state index contributed by atoms with van der Waals surface area (Å²) in [5, 5.41) is 9.32. The van der Waals surface area contributed by atoms with E-state index in [0.29, 0.717) is 18.4 Å². The number of benzene rings is 1. The van der Waals surface area contributed by atoms with Crippen molar-refractivity contribution in [1.82, 2.24) is 0 Å². The predicted molar refractivity (Wildman–Crippen MR) is 67.6 cm³/mol. The Morgan fingerprint density at radius 1 is 1.38 bits per heavy atom. The maximum atomic E-state index is 9.32. The van der Waals surface area contributed by atoms with Gasteiger partial charge >= 0.3 is 0 Å². The number of para-hydroxylation sites is 1. The van der Waals surface area contributed by atoms with Crippen LogP contribution < -0.4 is 4.74 Å². The minimum Gasteiger partial charge on any atom is -0.492 e. The summed E-state index contributed by atoms with van der Waals surface area (Å²) in [6.07, 6.45) is 3.78. The topological polar surface area (TPSA) is 29.5 Å². The van der Waals surface area contributed by atoms with Crippen molar-refractivity contribution >= 4 is 15.9 Å². The summed E-state index contributed by atoms with van der Waals surface area (Å²) in [6.45, 7) is 0.846. The standard InChI is InChI=1S/C13H17BrO2/c14-12-6-1-2-7-13(12)16-9-11(8-15)10-4-3-5-10/h1-2,6-7,10-11,15H,3-5,8-9H2. The molecular formula is C13H17BrO2. The molecule has 1 unspecified atom stereocenters. The summed E-state index contributed by atoms with van der Waals surface area (Å²) in [5.74, 6) is 1.81. The van der Waals surface area contributed by atoms with E-state index < -0.39 is 0 Å². The number of hydrogen-bond donors (Lipinski definition) is 1. The molecule has 0 spiro atoms. The van der Waals surface area contributed by atoms with Crippen molar-refractivity contribution in [3.63, 3.8) is 0 Å². The van der Waals surface area contributed by atoms with E-state index in [1.54, 1.807) is 0 Å². The molecule has 3 heteroatoms. The largest absolute Gasteiger partial charge is 0.492 e. The number of aliphatic hydroxyl groups excluding tert-OH is 1. The Morgan fingerprint density at radius 3 is 2.69 bits per heavy atom. The first kappa shape index (κ1) is 11.9. The fourth-order valence-electron chi connectivity index (χ4n) is 2.01. The Labute approximate surface area is 105 Å². The zero-order valence-corrected chi connectivity index (χ0v) is 10.8. The van der Waals surface area contributed by atoms with Gasteiger partial charge in [0.05, 0.1) is 11.1 Å². The third kappa shape index (κ3) is 2.77. The summed E-state index contributed by atoms with van der Waals surface area (Å²) in [4.78, 5) is 0. The lowest BCUT2D eigenvalue weighted by Gasteiger charge is -2.32. The van der Waals surface area contributed by atoms with Gasteiger partial charge in [-0.1, -0.05) is 18.6 Å². The number of ether oxygens (including phenoxy) is 1. The van der Waals surface area contributed by atoms with Crippen LogP contribution in [0.5, 0.6) is 5.75 Å². The highest BCUT2D eigenvalue weighted by atomic mass is 79.9. The molecule has 1 saturated carbocycles. The van der Waals surface area contributed by atoms with Crippen LogP contribution in [0.4, 0.5) is 0 Å². The molecule has 2 rings (SSSR count). The third-order valence-corrected chi connectivity index (χ3v) is 4.00. The summed E-state index contributed by atoms with van der Waals surface area (Å²) >= 11 is 3.45. The van der Waals surface area contributed by atoms with Crippen LogP contribution in [0, 0.1) is 11.8 Å². The molecule has 2 nitrogen and oxygen atoms in total. The Morgan fingerprint density at radius 2 is 2.12 bits per heavy atom. The lowest BCUT2D eigenvalue weighted by molar-refractivity contribution is 0.0793. The van der Waals surface area contributed by atoms with Gasteiger partial charge in [-0.05, 0) is 46.8 Å². The van der Waals surface area contributed by atoms with Gasteiger partial charge in [-0.15, -0.1) is 0 Å². The van der Waals surface area contributed by atoms with E-state index in [2.05, 4.69) is 15.9 Å². The van der Waals surface area contributed by atoms with Gasteiger partial charge in [0.15, 0.2) is 0 Å². The van der Waals surface area contributed by atoms with Crippen LogP contribution in [0.1, 0.15) is 19.3 Å². The van der Waals surface area contributed by atoms with E-state index in [0.717, 1.165) is 10.2 Å². The van der Waals surface area contributed by atoms with Crippen molar-refractivity contribution in [3.8, 4) is 5.75 Å². The van der Waals surface area contributed by atoms with Crippen molar-refractivity contribution in [3.05, 3.63) is 28.7 Å². The van der Waals surface area contributed by atoms with E-state index in [1.165, 1.54) is 19.3 Å². The van der Waals surface area contributed by atoms with E-state index in [4.69, 9.17) is 4.74 Å². The summed E-state index contributed by atoms with van der Waals surface area (Å²) in [7, 11) is 0. The maximum absolute atomic E-state index is 9.32.